The first kappa shape index (κ1) is 9.85. The molecule has 0 radical (unpaired) electrons. The average molecular weight is 191 g/mol. The normalized spacial score (nSPS) is 10.2. The molecule has 2 N–H and O–H groups in total. The van der Waals surface area contributed by atoms with Crippen LogP contribution in [0.2, 0.25) is 0 Å². The van der Waals surface area contributed by atoms with E-state index in [0.29, 0.717) is 0 Å². The van der Waals surface area contributed by atoms with Crippen molar-refractivity contribution in [3.05, 3.63) is 29.6 Å². The number of aliphatic hydroxyl groups excluding tert-OH is 1. The molecule has 5 heteroatoms. The van der Waals surface area contributed by atoms with Crippen molar-refractivity contribution >= 4 is 5.69 Å². The fourth-order valence-corrected chi connectivity index (χ4v) is 0.853. The number of anilines is 1. The Morgan fingerprint density at radius 1 is 1.15 bits per heavy atom. The molecule has 0 atom stereocenters. The highest BCUT2D eigenvalue weighted by atomic mass is 19.2. The van der Waals surface area contributed by atoms with E-state index < -0.39 is 17.5 Å². The second kappa shape index (κ2) is 4.13. The first-order valence-corrected chi connectivity index (χ1v) is 3.65. The van der Waals surface area contributed by atoms with Crippen molar-refractivity contribution in [2.24, 2.45) is 0 Å². The molecule has 0 aliphatic carbocycles. The largest absolute Gasteiger partial charge is 0.395 e. The summed E-state index contributed by atoms with van der Waals surface area (Å²) < 4.78 is 37.8. The van der Waals surface area contributed by atoms with Gasteiger partial charge in [0.25, 0.3) is 0 Å². The summed E-state index contributed by atoms with van der Waals surface area (Å²) in [5.41, 5.74) is -0.159. The molecule has 0 spiro atoms. The number of aliphatic hydroxyl groups is 1. The number of rotatable bonds is 3. The third-order valence-corrected chi connectivity index (χ3v) is 1.46. The summed E-state index contributed by atoms with van der Waals surface area (Å²) in [7, 11) is 0. The van der Waals surface area contributed by atoms with Gasteiger partial charge in [0.2, 0.25) is 0 Å². The number of hydrogen-bond acceptors (Lipinski definition) is 2. The van der Waals surface area contributed by atoms with Crippen molar-refractivity contribution in [2.75, 3.05) is 18.5 Å². The Morgan fingerprint density at radius 3 is 2.46 bits per heavy atom. The van der Waals surface area contributed by atoms with Gasteiger partial charge in [-0.15, -0.1) is 0 Å². The third kappa shape index (κ3) is 2.12. The highest BCUT2D eigenvalue weighted by Crippen LogP contribution is 2.18. The van der Waals surface area contributed by atoms with Gasteiger partial charge >= 0.3 is 0 Å². The molecular formula is C8H8F3NO. The molecule has 0 aliphatic heterocycles. The van der Waals surface area contributed by atoms with Gasteiger partial charge in [-0.05, 0) is 12.1 Å². The topological polar surface area (TPSA) is 32.3 Å². The Bertz CT molecular complexity index is 304. The fourth-order valence-electron chi connectivity index (χ4n) is 0.853. The Hall–Kier alpha value is -1.23. The monoisotopic (exact) mass is 191 g/mol. The van der Waals surface area contributed by atoms with Gasteiger partial charge in [-0.25, -0.2) is 13.2 Å². The van der Waals surface area contributed by atoms with Crippen LogP contribution in [0.3, 0.4) is 0 Å². The van der Waals surface area contributed by atoms with Gasteiger partial charge in [0.05, 0.1) is 12.3 Å². The number of nitrogens with one attached hydrogen (secondary N) is 1. The fraction of sp³-hybridized carbons (Fsp3) is 0.250. The zero-order valence-electron chi connectivity index (χ0n) is 6.65. The van der Waals surface area contributed by atoms with Crippen LogP contribution in [0.5, 0.6) is 0 Å². The van der Waals surface area contributed by atoms with Crippen molar-refractivity contribution in [2.45, 2.75) is 0 Å². The Labute approximate surface area is 73.0 Å². The van der Waals surface area contributed by atoms with Gasteiger partial charge in [0, 0.05) is 6.54 Å². The Kier molecular flexibility index (Phi) is 3.13. The molecule has 0 bridgehead atoms. The second-order valence-electron chi connectivity index (χ2n) is 2.37. The summed E-state index contributed by atoms with van der Waals surface area (Å²) in [5.74, 6) is -4.01. The van der Waals surface area contributed by atoms with Crippen LogP contribution in [0.1, 0.15) is 0 Å². The van der Waals surface area contributed by atoms with Crippen molar-refractivity contribution in [1.82, 2.24) is 0 Å². The molecular weight excluding hydrogens is 183 g/mol. The van der Waals surface area contributed by atoms with Crippen LogP contribution in [0.4, 0.5) is 18.9 Å². The van der Waals surface area contributed by atoms with Crippen molar-refractivity contribution < 1.29 is 18.3 Å². The molecule has 1 aromatic carbocycles. The average Bonchev–Trinajstić information content (AvgIpc) is 2.13. The zero-order chi connectivity index (χ0) is 9.84. The Morgan fingerprint density at radius 2 is 1.85 bits per heavy atom. The van der Waals surface area contributed by atoms with E-state index in [0.717, 1.165) is 12.1 Å². The molecule has 1 aromatic rings. The minimum Gasteiger partial charge on any atom is -0.395 e. The number of halogens is 3. The third-order valence-electron chi connectivity index (χ3n) is 1.46. The first-order valence-electron chi connectivity index (χ1n) is 3.65. The lowest BCUT2D eigenvalue weighted by atomic mass is 10.3. The summed E-state index contributed by atoms with van der Waals surface area (Å²) in [6, 6.07) is 1.89. The summed E-state index contributed by atoms with van der Waals surface area (Å²) in [6.07, 6.45) is 0. The lowest BCUT2D eigenvalue weighted by molar-refractivity contribution is 0.311. The highest BCUT2D eigenvalue weighted by Gasteiger charge is 2.12. The Balaban J connectivity index is 2.90. The molecule has 0 aliphatic rings. The molecule has 0 heterocycles. The lowest BCUT2D eigenvalue weighted by Gasteiger charge is -2.05. The predicted octanol–water partition coefficient (Wildman–Crippen LogP) is 1.51. The van der Waals surface area contributed by atoms with E-state index >= 15 is 0 Å². The van der Waals surface area contributed by atoms with Gasteiger partial charge < -0.3 is 10.4 Å². The van der Waals surface area contributed by atoms with Crippen LogP contribution in [0.15, 0.2) is 12.1 Å². The van der Waals surface area contributed by atoms with E-state index in [2.05, 4.69) is 5.32 Å². The van der Waals surface area contributed by atoms with Crippen LogP contribution in [-0.4, -0.2) is 18.3 Å². The van der Waals surface area contributed by atoms with E-state index in [1.807, 2.05) is 0 Å². The molecule has 0 saturated carbocycles. The summed E-state index contributed by atoms with van der Waals surface area (Å²) in [5, 5.41) is 10.8. The van der Waals surface area contributed by atoms with Crippen LogP contribution in [0, 0.1) is 17.5 Å². The van der Waals surface area contributed by atoms with Crippen LogP contribution >= 0.6 is 0 Å². The number of benzene rings is 1. The quantitative estimate of drug-likeness (QED) is 0.710. The smallest absolute Gasteiger partial charge is 0.196 e. The predicted molar refractivity (Wildman–Crippen MR) is 41.9 cm³/mol. The van der Waals surface area contributed by atoms with Crippen LogP contribution in [-0.2, 0) is 0 Å². The van der Waals surface area contributed by atoms with E-state index in [1.165, 1.54) is 0 Å². The molecule has 13 heavy (non-hydrogen) atoms. The first-order chi connectivity index (χ1) is 6.16. The van der Waals surface area contributed by atoms with Gasteiger partial charge in [0.15, 0.2) is 17.5 Å². The lowest BCUT2D eigenvalue weighted by Crippen LogP contribution is -2.08. The number of hydrogen-bond donors (Lipinski definition) is 2. The zero-order valence-corrected chi connectivity index (χ0v) is 6.65. The minimum atomic E-state index is -1.51. The molecule has 0 amide bonds. The summed E-state index contributed by atoms with van der Waals surface area (Å²) >= 11 is 0. The van der Waals surface area contributed by atoms with Crippen molar-refractivity contribution in [3.63, 3.8) is 0 Å². The van der Waals surface area contributed by atoms with Crippen LogP contribution in [0.25, 0.3) is 0 Å². The molecule has 2 nitrogen and oxygen atoms in total. The molecule has 0 fully saturated rings. The maximum Gasteiger partial charge on any atom is 0.196 e. The maximum atomic E-state index is 12.8. The van der Waals surface area contributed by atoms with Gasteiger partial charge in [-0.3, -0.25) is 0 Å². The van der Waals surface area contributed by atoms with Gasteiger partial charge in [0.1, 0.15) is 0 Å². The van der Waals surface area contributed by atoms with E-state index in [9.17, 15) is 13.2 Å². The van der Waals surface area contributed by atoms with E-state index in [-0.39, 0.29) is 18.8 Å². The molecule has 1 rings (SSSR count). The maximum absolute atomic E-state index is 12.8. The highest BCUT2D eigenvalue weighted by molar-refractivity contribution is 5.45. The van der Waals surface area contributed by atoms with E-state index in [4.69, 9.17) is 5.11 Å². The van der Waals surface area contributed by atoms with E-state index in [1.54, 1.807) is 0 Å². The van der Waals surface area contributed by atoms with Crippen LogP contribution < -0.4 is 5.32 Å². The molecule has 0 unspecified atom stereocenters. The van der Waals surface area contributed by atoms with Crippen molar-refractivity contribution in [3.8, 4) is 0 Å². The molecule has 0 aromatic heterocycles. The molecule has 0 saturated heterocycles. The molecule has 72 valence electrons. The standard InChI is InChI=1S/C8H8F3NO/c9-5-1-2-6(12-3-4-13)8(11)7(5)10/h1-2,12-13H,3-4H2. The summed E-state index contributed by atoms with van der Waals surface area (Å²) in [6.45, 7) is -0.125. The SMILES string of the molecule is OCCNc1ccc(F)c(F)c1F. The minimum absolute atomic E-state index is 0.0853. The van der Waals surface area contributed by atoms with Gasteiger partial charge in [-0.2, -0.15) is 0 Å². The van der Waals surface area contributed by atoms with Crippen molar-refractivity contribution in [1.29, 1.82) is 0 Å². The second-order valence-corrected chi connectivity index (χ2v) is 2.37. The summed E-state index contributed by atoms with van der Waals surface area (Å²) in [4.78, 5) is 0. The van der Waals surface area contributed by atoms with Gasteiger partial charge in [-0.1, -0.05) is 0 Å².